The summed E-state index contributed by atoms with van der Waals surface area (Å²) in [5.41, 5.74) is 5.82. The second-order valence-corrected chi connectivity index (χ2v) is 3.90. The highest BCUT2D eigenvalue weighted by molar-refractivity contribution is 7.98. The van der Waals surface area contributed by atoms with E-state index in [9.17, 15) is 0 Å². The van der Waals surface area contributed by atoms with Gasteiger partial charge < -0.3 is 15.4 Å². The minimum atomic E-state index is -0.192. The molecule has 1 heterocycles. The van der Waals surface area contributed by atoms with Gasteiger partial charge >= 0.3 is 0 Å². The van der Waals surface area contributed by atoms with Crippen molar-refractivity contribution in [1.29, 1.82) is 0 Å². The molecular formula is C8H15N3O2S. The number of nitrogens with two attached hydrogens (primary N) is 1. The quantitative estimate of drug-likeness (QED) is 0.715. The van der Waals surface area contributed by atoms with Gasteiger partial charge in [0.15, 0.2) is 5.82 Å². The maximum Gasteiger partial charge on any atom is 0.243 e. The van der Waals surface area contributed by atoms with Crippen molar-refractivity contribution >= 4 is 11.8 Å². The highest BCUT2D eigenvalue weighted by atomic mass is 32.2. The fourth-order valence-electron chi connectivity index (χ4n) is 0.988. The molecule has 0 aromatic carbocycles. The van der Waals surface area contributed by atoms with Crippen molar-refractivity contribution in [2.75, 3.05) is 18.6 Å². The molecule has 0 fully saturated rings. The second-order valence-electron chi connectivity index (χ2n) is 2.91. The fraction of sp³-hybridized carbons (Fsp3) is 0.750. The summed E-state index contributed by atoms with van der Waals surface area (Å²) in [6, 6.07) is -0.192. The first-order chi connectivity index (χ1) is 6.77. The van der Waals surface area contributed by atoms with Crippen LogP contribution in [0.1, 0.15) is 24.2 Å². The van der Waals surface area contributed by atoms with E-state index in [1.54, 1.807) is 11.8 Å². The zero-order valence-electron chi connectivity index (χ0n) is 8.14. The van der Waals surface area contributed by atoms with Crippen molar-refractivity contribution in [2.45, 2.75) is 18.9 Å². The molecule has 3 N–H and O–H groups in total. The lowest BCUT2D eigenvalue weighted by molar-refractivity contribution is 0.292. The molecule has 0 spiro atoms. The lowest BCUT2D eigenvalue weighted by atomic mass is 10.2. The molecule has 1 rings (SSSR count). The summed E-state index contributed by atoms with van der Waals surface area (Å²) >= 11 is 1.73. The standard InChI is InChI=1S/C8H15N3O2S/c1-14-5-3-6(9)8-10-7(2-4-12)11-13-8/h6,12H,2-5,9H2,1H3/t6-/m0/s1. The molecule has 1 aromatic rings. The van der Waals surface area contributed by atoms with Crippen LogP contribution in [0.25, 0.3) is 0 Å². The summed E-state index contributed by atoms with van der Waals surface area (Å²) < 4.78 is 4.97. The van der Waals surface area contributed by atoms with Gasteiger partial charge in [-0.15, -0.1) is 0 Å². The average Bonchev–Trinajstić information content (AvgIpc) is 2.63. The molecule has 0 bridgehead atoms. The van der Waals surface area contributed by atoms with E-state index < -0.39 is 0 Å². The van der Waals surface area contributed by atoms with Crippen molar-refractivity contribution in [1.82, 2.24) is 10.1 Å². The van der Waals surface area contributed by atoms with E-state index in [1.165, 1.54) is 0 Å². The molecule has 5 nitrogen and oxygen atoms in total. The largest absolute Gasteiger partial charge is 0.396 e. The van der Waals surface area contributed by atoms with Gasteiger partial charge in [0, 0.05) is 6.42 Å². The number of thioether (sulfide) groups is 1. The van der Waals surface area contributed by atoms with E-state index >= 15 is 0 Å². The first-order valence-corrected chi connectivity index (χ1v) is 5.85. The van der Waals surface area contributed by atoms with E-state index in [-0.39, 0.29) is 12.6 Å². The van der Waals surface area contributed by atoms with Gasteiger partial charge in [-0.05, 0) is 18.4 Å². The number of hydrogen-bond donors (Lipinski definition) is 2. The third-order valence-electron chi connectivity index (χ3n) is 1.77. The van der Waals surface area contributed by atoms with E-state index in [4.69, 9.17) is 15.4 Å². The van der Waals surface area contributed by atoms with Crippen LogP contribution in [0.15, 0.2) is 4.52 Å². The van der Waals surface area contributed by atoms with Crippen LogP contribution in [-0.4, -0.2) is 33.9 Å². The zero-order chi connectivity index (χ0) is 10.4. The third-order valence-corrected chi connectivity index (χ3v) is 2.41. The number of aliphatic hydroxyl groups excluding tert-OH is 1. The van der Waals surface area contributed by atoms with Gasteiger partial charge in [-0.1, -0.05) is 5.16 Å². The molecule has 0 radical (unpaired) electrons. The number of aromatic nitrogens is 2. The molecule has 0 saturated heterocycles. The maximum atomic E-state index is 8.65. The van der Waals surface area contributed by atoms with Crippen LogP contribution in [0.5, 0.6) is 0 Å². The molecule has 0 unspecified atom stereocenters. The lowest BCUT2D eigenvalue weighted by Gasteiger charge is -2.03. The van der Waals surface area contributed by atoms with Gasteiger partial charge in [0.2, 0.25) is 5.89 Å². The van der Waals surface area contributed by atoms with Crippen LogP contribution in [0.4, 0.5) is 0 Å². The third kappa shape index (κ3) is 3.28. The van der Waals surface area contributed by atoms with E-state index in [0.29, 0.717) is 18.1 Å². The van der Waals surface area contributed by atoms with Crippen LogP contribution in [0.3, 0.4) is 0 Å². The molecule has 0 saturated carbocycles. The second kappa shape index (κ2) is 6.00. The fourth-order valence-corrected chi connectivity index (χ4v) is 1.48. The van der Waals surface area contributed by atoms with Crippen LogP contribution in [0, 0.1) is 0 Å². The minimum Gasteiger partial charge on any atom is -0.396 e. The van der Waals surface area contributed by atoms with Crippen molar-refractivity contribution in [3.05, 3.63) is 11.7 Å². The molecule has 14 heavy (non-hydrogen) atoms. The zero-order valence-corrected chi connectivity index (χ0v) is 8.96. The highest BCUT2D eigenvalue weighted by Gasteiger charge is 2.13. The predicted octanol–water partition coefficient (Wildman–Crippen LogP) is 0.357. The van der Waals surface area contributed by atoms with Gasteiger partial charge in [-0.25, -0.2) is 0 Å². The number of hydrogen-bond acceptors (Lipinski definition) is 6. The summed E-state index contributed by atoms with van der Waals surface area (Å²) in [7, 11) is 0. The molecule has 0 amide bonds. The average molecular weight is 217 g/mol. The Kier molecular flexibility index (Phi) is 4.92. The molecule has 80 valence electrons. The van der Waals surface area contributed by atoms with Crippen LogP contribution in [-0.2, 0) is 6.42 Å². The smallest absolute Gasteiger partial charge is 0.243 e. The Hall–Kier alpha value is -0.590. The Labute approximate surface area is 87.1 Å². The highest BCUT2D eigenvalue weighted by Crippen LogP contribution is 2.13. The summed E-state index contributed by atoms with van der Waals surface area (Å²) in [6.07, 6.45) is 3.26. The van der Waals surface area contributed by atoms with Crippen LogP contribution >= 0.6 is 11.8 Å². The number of rotatable bonds is 6. The molecule has 1 atom stereocenters. The summed E-state index contributed by atoms with van der Waals surface area (Å²) in [5, 5.41) is 12.4. The summed E-state index contributed by atoms with van der Waals surface area (Å²) in [6.45, 7) is 0.0268. The van der Waals surface area contributed by atoms with Crippen LogP contribution < -0.4 is 5.73 Å². The Balaban J connectivity index is 2.48. The first kappa shape index (κ1) is 11.5. The Morgan fingerprint density at radius 1 is 1.64 bits per heavy atom. The van der Waals surface area contributed by atoms with Crippen molar-refractivity contribution < 1.29 is 9.63 Å². The van der Waals surface area contributed by atoms with E-state index in [1.807, 2.05) is 6.26 Å². The molecule has 0 aliphatic rings. The molecule has 0 aliphatic heterocycles. The van der Waals surface area contributed by atoms with Crippen molar-refractivity contribution in [2.24, 2.45) is 5.73 Å². The van der Waals surface area contributed by atoms with Crippen molar-refractivity contribution in [3.63, 3.8) is 0 Å². The Morgan fingerprint density at radius 3 is 3.07 bits per heavy atom. The minimum absolute atomic E-state index is 0.0268. The van der Waals surface area contributed by atoms with Gasteiger partial charge in [-0.3, -0.25) is 0 Å². The van der Waals surface area contributed by atoms with Crippen LogP contribution in [0.2, 0.25) is 0 Å². The number of nitrogens with zero attached hydrogens (tertiary/aromatic N) is 2. The Morgan fingerprint density at radius 2 is 2.43 bits per heavy atom. The van der Waals surface area contributed by atoms with Gasteiger partial charge in [0.25, 0.3) is 0 Å². The normalized spacial score (nSPS) is 13.1. The van der Waals surface area contributed by atoms with Crippen molar-refractivity contribution in [3.8, 4) is 0 Å². The van der Waals surface area contributed by atoms with E-state index in [2.05, 4.69) is 10.1 Å². The SMILES string of the molecule is CSCC[C@H](N)c1nc(CCO)no1. The molecule has 0 aliphatic carbocycles. The monoisotopic (exact) mass is 217 g/mol. The lowest BCUT2D eigenvalue weighted by Crippen LogP contribution is -2.11. The maximum absolute atomic E-state index is 8.65. The molecular weight excluding hydrogens is 202 g/mol. The molecule has 6 heteroatoms. The summed E-state index contributed by atoms with van der Waals surface area (Å²) in [4.78, 5) is 4.08. The topological polar surface area (TPSA) is 85.2 Å². The van der Waals surface area contributed by atoms with Gasteiger partial charge in [0.1, 0.15) is 0 Å². The van der Waals surface area contributed by atoms with E-state index in [0.717, 1.165) is 12.2 Å². The number of aliphatic hydroxyl groups is 1. The molecule has 1 aromatic heterocycles. The first-order valence-electron chi connectivity index (χ1n) is 4.45. The summed E-state index contributed by atoms with van der Waals surface area (Å²) in [5.74, 6) is 1.95. The van der Waals surface area contributed by atoms with Gasteiger partial charge in [-0.2, -0.15) is 16.7 Å². The predicted molar refractivity (Wildman–Crippen MR) is 55.0 cm³/mol. The Bertz CT molecular complexity index is 267. The van der Waals surface area contributed by atoms with Gasteiger partial charge in [0.05, 0.1) is 12.6 Å².